The van der Waals surface area contributed by atoms with E-state index >= 15 is 0 Å². The van der Waals surface area contributed by atoms with Gasteiger partial charge in [0.05, 0.1) is 37.8 Å². The molecule has 0 radical (unpaired) electrons. The van der Waals surface area contributed by atoms with E-state index in [9.17, 15) is 14.9 Å². The first-order chi connectivity index (χ1) is 20.7. The number of benzene rings is 2. The summed E-state index contributed by atoms with van der Waals surface area (Å²) in [5.74, 6) is 0.240. The van der Waals surface area contributed by atoms with Gasteiger partial charge in [-0.15, -0.1) is 0 Å². The maximum absolute atomic E-state index is 13.3. The third kappa shape index (κ3) is 7.14. The SMILES string of the molecule is COC(=O)CC(c1c(OC)cc(C)c2c1ccn2C(=O)OC(C)(C)C)c1[nH]c2ccc(C#N)cc2[n+]1COCC[Si](C)(C)C. The monoisotopic (exact) mass is 619 g/mol. The molecule has 10 nitrogen and oxygen atoms in total. The zero-order chi connectivity index (χ0) is 32.4. The minimum Gasteiger partial charge on any atom is -0.496 e. The van der Waals surface area contributed by atoms with E-state index in [1.54, 1.807) is 19.4 Å². The summed E-state index contributed by atoms with van der Waals surface area (Å²) in [5, 5.41) is 10.4. The summed E-state index contributed by atoms with van der Waals surface area (Å²) >= 11 is 0. The van der Waals surface area contributed by atoms with Crippen LogP contribution < -0.4 is 9.30 Å². The molecule has 1 atom stereocenters. The molecule has 2 aromatic heterocycles. The highest BCUT2D eigenvalue weighted by Crippen LogP contribution is 2.41. The largest absolute Gasteiger partial charge is 0.496 e. The zero-order valence-electron chi connectivity index (χ0n) is 27.2. The lowest BCUT2D eigenvalue weighted by Crippen LogP contribution is -2.41. The highest BCUT2D eigenvalue weighted by molar-refractivity contribution is 6.76. The maximum atomic E-state index is 13.3. The Labute approximate surface area is 259 Å². The van der Waals surface area contributed by atoms with Gasteiger partial charge in [0, 0.05) is 37.9 Å². The Balaban J connectivity index is 1.97. The Morgan fingerprint density at radius 3 is 2.48 bits per heavy atom. The van der Waals surface area contributed by atoms with E-state index in [0.717, 1.165) is 28.0 Å². The van der Waals surface area contributed by atoms with Crippen LogP contribution in [-0.4, -0.2) is 56.1 Å². The van der Waals surface area contributed by atoms with Crippen molar-refractivity contribution in [2.24, 2.45) is 0 Å². The van der Waals surface area contributed by atoms with Crippen LogP contribution in [0, 0.1) is 18.3 Å². The van der Waals surface area contributed by atoms with Crippen LogP contribution in [0.15, 0.2) is 36.5 Å². The number of nitrogens with one attached hydrogen (secondary N) is 1. The van der Waals surface area contributed by atoms with Gasteiger partial charge in [0.1, 0.15) is 17.3 Å². The number of carbonyl (C=O) groups is 2. The Hall–Kier alpha value is -4.14. The summed E-state index contributed by atoms with van der Waals surface area (Å²) in [4.78, 5) is 29.8. The van der Waals surface area contributed by atoms with Crippen LogP contribution in [0.25, 0.3) is 21.9 Å². The van der Waals surface area contributed by atoms with Gasteiger partial charge in [0.2, 0.25) is 0 Å². The fraction of sp³-hybridized carbons (Fsp3) is 0.455. The molecule has 4 rings (SSSR count). The molecule has 0 aliphatic carbocycles. The third-order valence-electron chi connectivity index (χ3n) is 7.44. The molecule has 4 aromatic rings. The van der Waals surface area contributed by atoms with E-state index in [1.165, 1.54) is 11.7 Å². The first-order valence-corrected chi connectivity index (χ1v) is 18.4. The highest BCUT2D eigenvalue weighted by atomic mass is 28.3. The van der Waals surface area contributed by atoms with Gasteiger partial charge in [0.25, 0.3) is 5.82 Å². The van der Waals surface area contributed by atoms with Crippen LogP contribution in [0.5, 0.6) is 5.75 Å². The molecule has 0 saturated carbocycles. The topological polar surface area (TPSA) is 119 Å². The number of nitrogens with zero attached hydrogens (tertiary/aromatic N) is 3. The molecule has 11 heteroatoms. The quantitative estimate of drug-likeness (QED) is 0.0946. The number of carbonyl (C=O) groups excluding carboxylic acids is 2. The number of imidazole rings is 1. The number of hydrogen-bond acceptors (Lipinski definition) is 7. The molecule has 1 unspecified atom stereocenters. The minimum atomic E-state index is -1.34. The van der Waals surface area contributed by atoms with Gasteiger partial charge in [0.15, 0.2) is 17.8 Å². The van der Waals surface area contributed by atoms with E-state index < -0.39 is 31.7 Å². The fourth-order valence-electron chi connectivity index (χ4n) is 5.32. The average Bonchev–Trinajstić information content (AvgIpc) is 3.55. The van der Waals surface area contributed by atoms with Crippen LogP contribution in [0.1, 0.15) is 55.6 Å². The second kappa shape index (κ2) is 12.8. The van der Waals surface area contributed by atoms with Crippen molar-refractivity contribution < 1.29 is 33.1 Å². The molecular formula is C33H43N4O6Si+. The molecule has 0 amide bonds. The lowest BCUT2D eigenvalue weighted by molar-refractivity contribution is -0.716. The normalized spacial score (nSPS) is 12.7. The first-order valence-electron chi connectivity index (χ1n) is 14.7. The van der Waals surface area contributed by atoms with E-state index in [-0.39, 0.29) is 13.2 Å². The second-order valence-corrected chi connectivity index (χ2v) is 18.8. The van der Waals surface area contributed by atoms with Crippen molar-refractivity contribution in [2.45, 2.75) is 78.1 Å². The number of aryl methyl sites for hydroxylation is 1. The van der Waals surface area contributed by atoms with E-state index in [1.807, 2.05) is 56.5 Å². The number of ether oxygens (including phenoxy) is 4. The molecule has 44 heavy (non-hydrogen) atoms. The lowest BCUT2D eigenvalue weighted by Gasteiger charge is -2.21. The van der Waals surface area contributed by atoms with Crippen molar-refractivity contribution in [3.05, 3.63) is 59.0 Å². The average molecular weight is 620 g/mol. The number of nitriles is 1. The molecule has 0 spiro atoms. The molecule has 2 heterocycles. The van der Waals surface area contributed by atoms with Crippen LogP contribution in [0.2, 0.25) is 25.7 Å². The van der Waals surface area contributed by atoms with Gasteiger partial charge in [-0.3, -0.25) is 9.36 Å². The van der Waals surface area contributed by atoms with Crippen molar-refractivity contribution in [1.29, 1.82) is 5.26 Å². The molecular weight excluding hydrogens is 576 g/mol. The van der Waals surface area contributed by atoms with Crippen molar-refractivity contribution in [2.75, 3.05) is 20.8 Å². The number of rotatable bonds is 10. The summed E-state index contributed by atoms with van der Waals surface area (Å²) in [6.07, 6.45) is 1.16. The predicted octanol–water partition coefficient (Wildman–Crippen LogP) is 6.39. The number of aromatic nitrogens is 3. The van der Waals surface area contributed by atoms with Gasteiger partial charge < -0.3 is 18.9 Å². The molecule has 0 bridgehead atoms. The maximum Gasteiger partial charge on any atom is 0.419 e. The van der Waals surface area contributed by atoms with E-state index in [0.29, 0.717) is 34.8 Å². The fourth-order valence-corrected chi connectivity index (χ4v) is 6.08. The summed E-state index contributed by atoms with van der Waals surface area (Å²) in [7, 11) is 1.61. The zero-order valence-corrected chi connectivity index (χ0v) is 28.2. The highest BCUT2D eigenvalue weighted by Gasteiger charge is 2.36. The number of H-pyrrole nitrogens is 1. The number of hydrogen-bond donors (Lipinski definition) is 1. The molecule has 0 saturated heterocycles. The Morgan fingerprint density at radius 2 is 1.86 bits per heavy atom. The lowest BCUT2D eigenvalue weighted by atomic mass is 9.89. The van der Waals surface area contributed by atoms with Crippen LogP contribution in [0.4, 0.5) is 4.79 Å². The van der Waals surface area contributed by atoms with Gasteiger partial charge in [-0.2, -0.15) is 5.26 Å². The summed E-state index contributed by atoms with van der Waals surface area (Å²) in [6, 6.07) is 12.3. The van der Waals surface area contributed by atoms with Gasteiger partial charge in [-0.05, 0) is 63.6 Å². The minimum absolute atomic E-state index is 0.0184. The summed E-state index contributed by atoms with van der Waals surface area (Å²) < 4.78 is 26.5. The Morgan fingerprint density at radius 1 is 1.14 bits per heavy atom. The second-order valence-electron chi connectivity index (χ2n) is 13.2. The van der Waals surface area contributed by atoms with Crippen LogP contribution >= 0.6 is 0 Å². The molecule has 2 aromatic carbocycles. The Bertz CT molecular complexity index is 1740. The van der Waals surface area contributed by atoms with Crippen molar-refractivity contribution in [1.82, 2.24) is 9.55 Å². The smallest absolute Gasteiger partial charge is 0.419 e. The van der Waals surface area contributed by atoms with Gasteiger partial charge in [-0.1, -0.05) is 19.6 Å². The van der Waals surface area contributed by atoms with Gasteiger partial charge in [-0.25, -0.2) is 14.3 Å². The van der Waals surface area contributed by atoms with E-state index in [2.05, 4.69) is 30.7 Å². The molecule has 0 aliphatic rings. The predicted molar refractivity (Wildman–Crippen MR) is 171 cm³/mol. The summed E-state index contributed by atoms with van der Waals surface area (Å²) in [5.41, 5.74) is 3.57. The van der Waals surface area contributed by atoms with Crippen molar-refractivity contribution in [3.63, 3.8) is 0 Å². The van der Waals surface area contributed by atoms with Crippen LogP contribution in [-0.2, 0) is 25.7 Å². The molecule has 0 fully saturated rings. The number of fused-ring (bicyclic) bond motifs is 2. The molecule has 0 aliphatic heterocycles. The number of esters is 1. The number of methoxy groups -OCH3 is 2. The molecule has 234 valence electrons. The summed E-state index contributed by atoms with van der Waals surface area (Å²) in [6.45, 7) is 15.1. The van der Waals surface area contributed by atoms with Crippen LogP contribution in [0.3, 0.4) is 0 Å². The Kier molecular flexibility index (Phi) is 9.56. The van der Waals surface area contributed by atoms with E-state index in [4.69, 9.17) is 18.9 Å². The third-order valence-corrected chi connectivity index (χ3v) is 9.14. The van der Waals surface area contributed by atoms with Gasteiger partial charge >= 0.3 is 12.1 Å². The van der Waals surface area contributed by atoms with Crippen molar-refractivity contribution in [3.8, 4) is 11.8 Å². The number of aromatic amines is 1. The first kappa shape index (κ1) is 32.8. The molecule has 1 N–H and O–H groups in total. The standard InChI is InChI=1S/C33H42N4O6Si/c1-21-16-27(40-5)29(23-12-13-36(30(21)23)32(39)43-33(2,3)4)24(18-28(38)41-6)31-35-25-11-10-22(19-34)17-26(25)37(31)20-42-14-15-44(7,8)9/h10-13,16-17,24H,14-15,18,20H2,1-9H3/p+1. The van der Waals surface area contributed by atoms with Crippen molar-refractivity contribution >= 4 is 42.1 Å².